The zero-order valence-electron chi connectivity index (χ0n) is 16.9. The predicted octanol–water partition coefficient (Wildman–Crippen LogP) is 5.29. The number of hydrogen-bond donors (Lipinski definition) is 2. The van der Waals surface area contributed by atoms with Gasteiger partial charge in [-0.15, -0.1) is 0 Å². The van der Waals surface area contributed by atoms with Gasteiger partial charge in [0, 0.05) is 11.4 Å². The second-order valence-corrected chi connectivity index (χ2v) is 8.54. The molecule has 0 saturated carbocycles. The number of benzene rings is 3. The Morgan fingerprint density at radius 3 is 2.35 bits per heavy atom. The Morgan fingerprint density at radius 2 is 1.68 bits per heavy atom. The number of ether oxygens (including phenoxy) is 2. The summed E-state index contributed by atoms with van der Waals surface area (Å²) in [5.74, 6) is 0.900. The van der Waals surface area contributed by atoms with E-state index in [0.29, 0.717) is 16.5 Å². The lowest BCUT2D eigenvalue weighted by atomic mass is 10.3. The Bertz CT molecular complexity index is 1180. The van der Waals surface area contributed by atoms with Crippen LogP contribution in [0.4, 0.5) is 11.4 Å². The molecule has 3 rings (SSSR count). The van der Waals surface area contributed by atoms with Crippen molar-refractivity contribution in [1.82, 2.24) is 0 Å². The van der Waals surface area contributed by atoms with Gasteiger partial charge in [-0.2, -0.15) is 0 Å². The molecule has 0 aliphatic rings. The van der Waals surface area contributed by atoms with Crippen molar-refractivity contribution in [2.24, 2.45) is 0 Å². The van der Waals surface area contributed by atoms with E-state index in [2.05, 4.69) is 10.0 Å². The zero-order valence-corrected chi connectivity index (χ0v) is 18.5. The van der Waals surface area contributed by atoms with E-state index in [9.17, 15) is 13.2 Å². The number of carbonyl (C=O) groups excluding carboxylic acids is 1. The van der Waals surface area contributed by atoms with Gasteiger partial charge in [0.1, 0.15) is 11.5 Å². The normalized spacial score (nSPS) is 10.9. The number of nitrogens with one attached hydrogen (secondary N) is 2. The molecule has 7 nitrogen and oxygen atoms in total. The van der Waals surface area contributed by atoms with E-state index in [-0.39, 0.29) is 34.3 Å². The maximum Gasteiger partial charge on any atom is 0.262 e. The van der Waals surface area contributed by atoms with Gasteiger partial charge in [-0.05, 0) is 48.5 Å². The molecule has 0 heterocycles. The molecule has 0 aromatic heterocycles. The fourth-order valence-corrected chi connectivity index (χ4v) is 3.94. The summed E-state index contributed by atoms with van der Waals surface area (Å²) < 4.78 is 39.6. The highest BCUT2D eigenvalue weighted by molar-refractivity contribution is 7.92. The average molecular weight is 461 g/mol. The van der Waals surface area contributed by atoms with Crippen LogP contribution in [0.5, 0.6) is 17.2 Å². The van der Waals surface area contributed by atoms with Crippen LogP contribution in [0.1, 0.15) is 13.3 Å². The second-order valence-electron chi connectivity index (χ2n) is 6.42. The summed E-state index contributed by atoms with van der Waals surface area (Å²) >= 11 is 6.08. The minimum absolute atomic E-state index is 0.0645. The fourth-order valence-electron chi connectivity index (χ4n) is 2.68. The van der Waals surface area contributed by atoms with Crippen LogP contribution in [0.25, 0.3) is 0 Å². The van der Waals surface area contributed by atoms with E-state index >= 15 is 0 Å². The van der Waals surface area contributed by atoms with Gasteiger partial charge in [0.15, 0.2) is 5.75 Å². The molecule has 0 bridgehead atoms. The molecular formula is C22H21ClN2O5S. The van der Waals surface area contributed by atoms with Crippen molar-refractivity contribution in [3.63, 3.8) is 0 Å². The van der Waals surface area contributed by atoms with E-state index in [1.54, 1.807) is 43.3 Å². The summed E-state index contributed by atoms with van der Waals surface area (Å²) in [5, 5.41) is 2.98. The maximum atomic E-state index is 13.1. The monoisotopic (exact) mass is 460 g/mol. The molecule has 0 radical (unpaired) electrons. The van der Waals surface area contributed by atoms with Gasteiger partial charge >= 0.3 is 0 Å². The molecule has 31 heavy (non-hydrogen) atoms. The van der Waals surface area contributed by atoms with Crippen molar-refractivity contribution in [1.29, 1.82) is 0 Å². The van der Waals surface area contributed by atoms with Gasteiger partial charge in [0.05, 0.1) is 23.4 Å². The number of methoxy groups -OCH3 is 1. The molecule has 0 aliphatic heterocycles. The summed E-state index contributed by atoms with van der Waals surface area (Å²) in [6, 6.07) is 17.8. The van der Waals surface area contributed by atoms with Crippen LogP contribution in [0.15, 0.2) is 71.6 Å². The molecule has 0 atom stereocenters. The molecule has 0 saturated heterocycles. The van der Waals surface area contributed by atoms with E-state index in [1.807, 2.05) is 6.07 Å². The lowest BCUT2D eigenvalue weighted by Gasteiger charge is -2.15. The van der Waals surface area contributed by atoms with Crippen molar-refractivity contribution in [2.75, 3.05) is 17.1 Å². The molecule has 0 spiro atoms. The third kappa shape index (κ3) is 5.68. The largest absolute Gasteiger partial charge is 0.495 e. The number of sulfonamides is 1. The fraction of sp³-hybridized carbons (Fsp3) is 0.136. The summed E-state index contributed by atoms with van der Waals surface area (Å²) in [7, 11) is -2.60. The first-order valence-electron chi connectivity index (χ1n) is 9.35. The molecule has 0 aliphatic carbocycles. The molecule has 3 aromatic rings. The standard InChI is InChI=1S/C22H21ClN2O5S/c1-3-22(26)24-18-14-17(10-12-20(18)29-2)31(27,28)25-19-13-15(23)9-11-21(19)30-16-7-5-4-6-8-16/h4-14,25H,3H2,1-2H3,(H,24,26). The lowest BCUT2D eigenvalue weighted by Crippen LogP contribution is -2.15. The van der Waals surface area contributed by atoms with Gasteiger partial charge in [-0.1, -0.05) is 36.7 Å². The number of amides is 1. The van der Waals surface area contributed by atoms with E-state index in [1.165, 1.54) is 31.4 Å². The Hall–Kier alpha value is -3.23. The smallest absolute Gasteiger partial charge is 0.262 e. The van der Waals surface area contributed by atoms with Crippen LogP contribution in [0.3, 0.4) is 0 Å². The summed E-state index contributed by atoms with van der Waals surface area (Å²) in [6.07, 6.45) is 0.237. The number of rotatable bonds is 8. The number of para-hydroxylation sites is 1. The Kier molecular flexibility index (Phi) is 7.04. The number of hydrogen-bond acceptors (Lipinski definition) is 5. The van der Waals surface area contributed by atoms with E-state index in [0.717, 1.165) is 0 Å². The highest BCUT2D eigenvalue weighted by atomic mass is 35.5. The van der Waals surface area contributed by atoms with E-state index < -0.39 is 10.0 Å². The van der Waals surface area contributed by atoms with Crippen LogP contribution in [0.2, 0.25) is 5.02 Å². The van der Waals surface area contributed by atoms with Crippen LogP contribution in [-0.2, 0) is 14.8 Å². The summed E-state index contributed by atoms with van der Waals surface area (Å²) in [4.78, 5) is 11.7. The Balaban J connectivity index is 1.94. The minimum atomic E-state index is -4.03. The summed E-state index contributed by atoms with van der Waals surface area (Å²) in [6.45, 7) is 1.69. The van der Waals surface area contributed by atoms with Gasteiger partial charge < -0.3 is 14.8 Å². The molecule has 9 heteroatoms. The molecule has 0 unspecified atom stereocenters. The highest BCUT2D eigenvalue weighted by Crippen LogP contribution is 2.34. The van der Waals surface area contributed by atoms with Gasteiger partial charge in [-0.25, -0.2) is 8.42 Å². The van der Waals surface area contributed by atoms with E-state index in [4.69, 9.17) is 21.1 Å². The molecule has 1 amide bonds. The lowest BCUT2D eigenvalue weighted by molar-refractivity contribution is -0.115. The Morgan fingerprint density at radius 1 is 0.968 bits per heavy atom. The topological polar surface area (TPSA) is 93.7 Å². The van der Waals surface area contributed by atoms with Crippen molar-refractivity contribution in [2.45, 2.75) is 18.2 Å². The van der Waals surface area contributed by atoms with Crippen LogP contribution < -0.4 is 19.5 Å². The minimum Gasteiger partial charge on any atom is -0.495 e. The zero-order chi connectivity index (χ0) is 22.4. The van der Waals surface area contributed by atoms with Crippen molar-refractivity contribution in [3.05, 3.63) is 71.8 Å². The summed E-state index contributed by atoms with van der Waals surface area (Å²) in [5.41, 5.74) is 0.426. The third-order valence-electron chi connectivity index (χ3n) is 4.23. The SMILES string of the molecule is CCC(=O)Nc1cc(S(=O)(=O)Nc2cc(Cl)ccc2Oc2ccccc2)ccc1OC. The first-order valence-corrected chi connectivity index (χ1v) is 11.2. The van der Waals surface area contributed by atoms with Gasteiger partial charge in [0.2, 0.25) is 5.91 Å². The first-order chi connectivity index (χ1) is 14.8. The number of halogens is 1. The van der Waals surface area contributed by atoms with Gasteiger partial charge in [-0.3, -0.25) is 9.52 Å². The van der Waals surface area contributed by atoms with Gasteiger partial charge in [0.25, 0.3) is 10.0 Å². The number of anilines is 2. The highest BCUT2D eigenvalue weighted by Gasteiger charge is 2.20. The molecule has 0 fully saturated rings. The van der Waals surface area contributed by atoms with Crippen molar-refractivity contribution < 1.29 is 22.7 Å². The van der Waals surface area contributed by atoms with Crippen molar-refractivity contribution >= 4 is 38.9 Å². The van der Waals surface area contributed by atoms with Crippen LogP contribution >= 0.6 is 11.6 Å². The average Bonchev–Trinajstić information content (AvgIpc) is 2.76. The molecule has 2 N–H and O–H groups in total. The quantitative estimate of drug-likeness (QED) is 0.476. The molecular weight excluding hydrogens is 440 g/mol. The molecule has 3 aromatic carbocycles. The first kappa shape index (κ1) is 22.5. The maximum absolute atomic E-state index is 13.1. The predicted molar refractivity (Wildman–Crippen MR) is 121 cm³/mol. The van der Waals surface area contributed by atoms with Crippen molar-refractivity contribution in [3.8, 4) is 17.2 Å². The second kappa shape index (κ2) is 9.72. The number of carbonyl (C=O) groups is 1. The third-order valence-corrected chi connectivity index (χ3v) is 5.83. The van der Waals surface area contributed by atoms with Crippen LogP contribution in [0, 0.1) is 0 Å². The van der Waals surface area contributed by atoms with Crippen LogP contribution in [-0.4, -0.2) is 21.4 Å². The Labute approximate surface area is 186 Å². The molecule has 162 valence electrons.